The molecule has 0 spiro atoms. The molecule has 0 fully saturated rings. The van der Waals surface area contributed by atoms with Gasteiger partial charge in [0.2, 0.25) is 0 Å². The number of nitrogens with two attached hydrogens (primary N) is 2. The van der Waals surface area contributed by atoms with Gasteiger partial charge < -0.3 is 11.5 Å². The van der Waals surface area contributed by atoms with Crippen LogP contribution in [0.4, 0.5) is 0 Å². The van der Waals surface area contributed by atoms with Crippen LogP contribution in [0, 0.1) is 0 Å². The summed E-state index contributed by atoms with van der Waals surface area (Å²) in [5, 5.41) is 0. The molecule has 34 valence electrons. The van der Waals surface area contributed by atoms with E-state index in [4.69, 9.17) is 11.5 Å². The lowest BCUT2D eigenvalue weighted by atomic mass is 10.6. The number of allylic oxidation sites excluding steroid dienone is 2. The molecule has 0 aromatic carbocycles. The van der Waals surface area contributed by atoms with E-state index in [9.17, 15) is 0 Å². The summed E-state index contributed by atoms with van der Waals surface area (Å²) in [5.74, 6) is 0. The lowest BCUT2D eigenvalue weighted by Crippen LogP contribution is -1.75. The van der Waals surface area contributed by atoms with E-state index in [1.54, 1.807) is 12.2 Å². The zero-order valence-electron chi connectivity index (χ0n) is 3.46. The summed E-state index contributed by atoms with van der Waals surface area (Å²) in [5.41, 5.74) is 9.85. The Balaban J connectivity index is 3.07. The van der Waals surface area contributed by atoms with Crippen LogP contribution in [0.5, 0.6) is 0 Å². The normalized spacial score (nSPS) is 11.3. The third-order valence-electron chi connectivity index (χ3n) is 0.333. The molecule has 0 aliphatic heterocycles. The van der Waals surface area contributed by atoms with Gasteiger partial charge in [-0.25, -0.2) is 0 Å². The van der Waals surface area contributed by atoms with Crippen LogP contribution >= 0.6 is 0 Å². The Hall–Kier alpha value is -0.920. The van der Waals surface area contributed by atoms with Gasteiger partial charge in [-0.2, -0.15) is 0 Å². The van der Waals surface area contributed by atoms with Crippen molar-refractivity contribution in [3.63, 3.8) is 0 Å². The average Bonchev–Trinajstić information content (AvgIpc) is 1.61. The standard InChI is InChI=1S/C4H8N2/c5-3-1-2-4-6/h1-4H,5-6H2/b3-1-,4-2?. The Labute approximate surface area is 37.1 Å². The number of hydrogen-bond donors (Lipinski definition) is 2. The molecule has 0 bridgehead atoms. The highest BCUT2D eigenvalue weighted by Gasteiger charge is 1.48. The van der Waals surface area contributed by atoms with Gasteiger partial charge in [0, 0.05) is 0 Å². The molecule has 0 radical (unpaired) electrons. The van der Waals surface area contributed by atoms with Crippen molar-refractivity contribution in [1.29, 1.82) is 0 Å². The maximum atomic E-state index is 4.93. The molecule has 0 aliphatic rings. The van der Waals surface area contributed by atoms with Gasteiger partial charge in [0.05, 0.1) is 0 Å². The van der Waals surface area contributed by atoms with Crippen LogP contribution in [0.3, 0.4) is 0 Å². The predicted octanol–water partition coefficient (Wildman–Crippen LogP) is -0.0688. The van der Waals surface area contributed by atoms with E-state index >= 15 is 0 Å². The molecule has 0 amide bonds. The molecule has 0 saturated carbocycles. The third-order valence-corrected chi connectivity index (χ3v) is 0.333. The highest BCUT2D eigenvalue weighted by Crippen LogP contribution is 1.62. The van der Waals surface area contributed by atoms with Crippen molar-refractivity contribution in [3.05, 3.63) is 24.6 Å². The lowest BCUT2D eigenvalue weighted by molar-refractivity contribution is 1.56. The van der Waals surface area contributed by atoms with Gasteiger partial charge in [-0.1, -0.05) is 0 Å². The van der Waals surface area contributed by atoms with Gasteiger partial charge >= 0.3 is 0 Å². The van der Waals surface area contributed by atoms with Gasteiger partial charge in [-0.15, -0.1) is 0 Å². The molecule has 0 saturated heterocycles. The molecule has 2 heteroatoms. The minimum absolute atomic E-state index is 1.42. The minimum atomic E-state index is 1.42. The second-order valence-corrected chi connectivity index (χ2v) is 0.770. The van der Waals surface area contributed by atoms with Crippen LogP contribution in [0.1, 0.15) is 0 Å². The van der Waals surface area contributed by atoms with Gasteiger partial charge in [0.1, 0.15) is 0 Å². The Morgan fingerprint density at radius 2 is 1.17 bits per heavy atom. The summed E-state index contributed by atoms with van der Waals surface area (Å²) in [6.45, 7) is 0. The molecular weight excluding hydrogens is 76.1 g/mol. The Morgan fingerprint density at radius 1 is 0.833 bits per heavy atom. The topological polar surface area (TPSA) is 52.0 Å². The Morgan fingerprint density at radius 3 is 1.33 bits per heavy atom. The molecule has 2 nitrogen and oxygen atoms in total. The summed E-state index contributed by atoms with van der Waals surface area (Å²) in [7, 11) is 0. The van der Waals surface area contributed by atoms with Gasteiger partial charge in [0.25, 0.3) is 0 Å². The summed E-state index contributed by atoms with van der Waals surface area (Å²) < 4.78 is 0. The first-order valence-corrected chi connectivity index (χ1v) is 1.67. The van der Waals surface area contributed by atoms with Crippen molar-refractivity contribution in [2.45, 2.75) is 0 Å². The fourth-order valence-electron chi connectivity index (χ4n) is 0.128. The second kappa shape index (κ2) is 4.08. The average molecular weight is 84.1 g/mol. The highest BCUT2D eigenvalue weighted by atomic mass is 14.5. The van der Waals surface area contributed by atoms with Crippen molar-refractivity contribution in [2.75, 3.05) is 0 Å². The summed E-state index contributed by atoms with van der Waals surface area (Å²) in [6, 6.07) is 0. The Kier molecular flexibility index (Phi) is 3.45. The molecule has 6 heavy (non-hydrogen) atoms. The van der Waals surface area contributed by atoms with Crippen LogP contribution < -0.4 is 11.5 Å². The van der Waals surface area contributed by atoms with Gasteiger partial charge in [-0.3, -0.25) is 0 Å². The van der Waals surface area contributed by atoms with E-state index in [0.717, 1.165) is 0 Å². The molecule has 0 unspecified atom stereocenters. The van der Waals surface area contributed by atoms with Crippen LogP contribution in [-0.2, 0) is 0 Å². The van der Waals surface area contributed by atoms with Crippen molar-refractivity contribution >= 4 is 0 Å². The molecule has 0 aromatic rings. The molecule has 0 heterocycles. The number of rotatable bonds is 1. The SMILES string of the molecule is NC=C/C=C\N. The first-order valence-electron chi connectivity index (χ1n) is 1.67. The summed E-state index contributed by atoms with van der Waals surface area (Å²) >= 11 is 0. The van der Waals surface area contributed by atoms with Gasteiger partial charge in [0.15, 0.2) is 0 Å². The van der Waals surface area contributed by atoms with Crippen LogP contribution in [0.25, 0.3) is 0 Å². The smallest absolute Gasteiger partial charge is 0.00618 e. The van der Waals surface area contributed by atoms with Crippen molar-refractivity contribution in [3.8, 4) is 0 Å². The predicted molar refractivity (Wildman–Crippen MR) is 26.7 cm³/mol. The van der Waals surface area contributed by atoms with Crippen molar-refractivity contribution in [1.82, 2.24) is 0 Å². The van der Waals surface area contributed by atoms with Crippen molar-refractivity contribution in [2.24, 2.45) is 11.5 Å². The first-order chi connectivity index (χ1) is 2.91. The second-order valence-electron chi connectivity index (χ2n) is 0.770. The monoisotopic (exact) mass is 84.1 g/mol. The molecule has 0 rings (SSSR count). The minimum Gasteiger partial charge on any atom is -0.405 e. The maximum Gasteiger partial charge on any atom is -0.00618 e. The van der Waals surface area contributed by atoms with E-state index in [0.29, 0.717) is 0 Å². The van der Waals surface area contributed by atoms with Crippen LogP contribution in [-0.4, -0.2) is 0 Å². The maximum absolute atomic E-state index is 4.93. The Bertz CT molecular complexity index is 53.9. The largest absolute Gasteiger partial charge is 0.405 e. The molecule has 4 N–H and O–H groups in total. The van der Waals surface area contributed by atoms with Gasteiger partial charge in [-0.05, 0) is 24.6 Å². The van der Waals surface area contributed by atoms with Crippen LogP contribution in [0.2, 0.25) is 0 Å². The third kappa shape index (κ3) is 3.08. The van der Waals surface area contributed by atoms with E-state index in [1.165, 1.54) is 12.4 Å². The van der Waals surface area contributed by atoms with E-state index < -0.39 is 0 Å². The zero-order chi connectivity index (χ0) is 4.83. The molecular formula is C4H8N2. The lowest BCUT2D eigenvalue weighted by Gasteiger charge is -1.64. The van der Waals surface area contributed by atoms with E-state index in [-0.39, 0.29) is 0 Å². The fraction of sp³-hybridized carbons (Fsp3) is 0. The number of hydrogen-bond acceptors (Lipinski definition) is 2. The quantitative estimate of drug-likeness (QED) is 0.437. The highest BCUT2D eigenvalue weighted by molar-refractivity contribution is 4.97. The van der Waals surface area contributed by atoms with Crippen LogP contribution in [0.15, 0.2) is 24.6 Å². The molecule has 0 aromatic heterocycles. The molecule has 0 aliphatic carbocycles. The fourth-order valence-corrected chi connectivity index (χ4v) is 0.128. The zero-order valence-corrected chi connectivity index (χ0v) is 3.46. The summed E-state index contributed by atoms with van der Waals surface area (Å²) in [6.07, 6.45) is 6.15. The van der Waals surface area contributed by atoms with E-state index in [2.05, 4.69) is 0 Å². The molecule has 0 atom stereocenters. The van der Waals surface area contributed by atoms with Crippen molar-refractivity contribution < 1.29 is 0 Å². The summed E-state index contributed by atoms with van der Waals surface area (Å²) in [4.78, 5) is 0. The van der Waals surface area contributed by atoms with E-state index in [1.807, 2.05) is 0 Å². The first kappa shape index (κ1) is 5.08.